The molecule has 0 spiro atoms. The van der Waals surface area contributed by atoms with E-state index in [0.29, 0.717) is 17.7 Å². The van der Waals surface area contributed by atoms with Crippen LogP contribution in [0.2, 0.25) is 0 Å². The summed E-state index contributed by atoms with van der Waals surface area (Å²) in [5.41, 5.74) is 3.18. The molecule has 0 unspecified atom stereocenters. The molecule has 0 bridgehead atoms. The minimum Gasteiger partial charge on any atom is -0.348 e. The second kappa shape index (κ2) is 7.09. The van der Waals surface area contributed by atoms with Crippen molar-refractivity contribution in [1.29, 1.82) is 0 Å². The van der Waals surface area contributed by atoms with Gasteiger partial charge in [-0.2, -0.15) is 0 Å². The van der Waals surface area contributed by atoms with Gasteiger partial charge in [0.15, 0.2) is 0 Å². The first-order valence-corrected chi connectivity index (χ1v) is 8.34. The number of rotatable bonds is 5. The highest BCUT2D eigenvalue weighted by Crippen LogP contribution is 2.22. The summed E-state index contributed by atoms with van der Waals surface area (Å²) >= 11 is 0. The Morgan fingerprint density at radius 2 is 1.58 bits per heavy atom. The second-order valence-electron chi connectivity index (χ2n) is 6.67. The Kier molecular flexibility index (Phi) is 4.86. The lowest BCUT2D eigenvalue weighted by atomic mass is 10.1. The lowest BCUT2D eigenvalue weighted by molar-refractivity contribution is 0.0693. The van der Waals surface area contributed by atoms with E-state index >= 15 is 0 Å². The number of amides is 3. The highest BCUT2D eigenvalue weighted by molar-refractivity contribution is 6.21. The third kappa shape index (κ3) is 3.50. The number of nitrogens with zero attached hydrogens (tertiary/aromatic N) is 2. The Labute approximate surface area is 152 Å². The summed E-state index contributed by atoms with van der Waals surface area (Å²) in [6, 6.07) is 12.6. The van der Waals surface area contributed by atoms with Gasteiger partial charge in [0.2, 0.25) is 0 Å². The van der Waals surface area contributed by atoms with Crippen molar-refractivity contribution in [3.8, 4) is 0 Å². The highest BCUT2D eigenvalue weighted by atomic mass is 16.2. The maximum atomic E-state index is 12.4. The predicted molar refractivity (Wildman–Crippen MR) is 97.9 cm³/mol. The number of carbonyl (C=O) groups is 3. The van der Waals surface area contributed by atoms with Gasteiger partial charge in [-0.1, -0.05) is 24.3 Å². The van der Waals surface area contributed by atoms with Gasteiger partial charge in [0.1, 0.15) is 0 Å². The molecular weight excluding hydrogens is 330 g/mol. The van der Waals surface area contributed by atoms with E-state index in [1.165, 1.54) is 24.7 Å². The first kappa shape index (κ1) is 17.8. The third-order valence-corrected chi connectivity index (χ3v) is 4.33. The predicted octanol–water partition coefficient (Wildman–Crippen LogP) is 1.90. The van der Waals surface area contributed by atoms with E-state index in [1.807, 2.05) is 38.4 Å². The highest BCUT2D eigenvalue weighted by Gasteiger charge is 2.33. The van der Waals surface area contributed by atoms with Crippen LogP contribution in [0, 0.1) is 0 Å². The number of imide groups is 1. The van der Waals surface area contributed by atoms with Gasteiger partial charge in [-0.3, -0.25) is 19.3 Å². The van der Waals surface area contributed by atoms with Crippen molar-refractivity contribution in [3.05, 3.63) is 70.3 Å². The largest absolute Gasteiger partial charge is 0.348 e. The van der Waals surface area contributed by atoms with Gasteiger partial charge in [-0.15, -0.1) is 0 Å². The van der Waals surface area contributed by atoms with E-state index in [2.05, 4.69) is 10.2 Å². The van der Waals surface area contributed by atoms with Crippen molar-refractivity contribution in [2.75, 3.05) is 21.1 Å². The fourth-order valence-electron chi connectivity index (χ4n) is 2.91. The molecule has 0 saturated carbocycles. The molecule has 1 N–H and O–H groups in total. The van der Waals surface area contributed by atoms with Crippen LogP contribution in [-0.4, -0.2) is 48.7 Å². The van der Waals surface area contributed by atoms with Crippen LogP contribution >= 0.6 is 0 Å². The lowest BCUT2D eigenvalue weighted by Crippen LogP contribution is -2.24. The molecule has 1 aliphatic rings. The molecule has 1 heterocycles. The quantitative estimate of drug-likeness (QED) is 0.836. The van der Waals surface area contributed by atoms with Crippen molar-refractivity contribution < 1.29 is 14.4 Å². The van der Waals surface area contributed by atoms with Gasteiger partial charge in [0.25, 0.3) is 17.7 Å². The average Bonchev–Trinajstić information content (AvgIpc) is 2.84. The molecule has 0 saturated heterocycles. The summed E-state index contributed by atoms with van der Waals surface area (Å²) in [5, 5.41) is 2.84. The van der Waals surface area contributed by atoms with Crippen molar-refractivity contribution in [2.24, 2.45) is 0 Å². The first-order valence-electron chi connectivity index (χ1n) is 8.34. The summed E-state index contributed by atoms with van der Waals surface area (Å²) in [4.78, 5) is 39.5. The van der Waals surface area contributed by atoms with Crippen LogP contribution in [0.25, 0.3) is 0 Å². The van der Waals surface area contributed by atoms with Crippen LogP contribution in [0.1, 0.15) is 42.2 Å². The van der Waals surface area contributed by atoms with Crippen molar-refractivity contribution in [3.63, 3.8) is 0 Å². The summed E-state index contributed by atoms with van der Waals surface area (Å²) in [5.74, 6) is -0.995. The molecule has 6 nitrogen and oxygen atoms in total. The molecular formula is C20H21N3O3. The zero-order valence-electron chi connectivity index (χ0n) is 15.1. The van der Waals surface area contributed by atoms with Crippen LogP contribution in [0.4, 0.5) is 0 Å². The Bertz CT molecular complexity index is 872. The fourth-order valence-corrected chi connectivity index (χ4v) is 2.91. The van der Waals surface area contributed by atoms with Crippen molar-refractivity contribution >= 4 is 17.7 Å². The molecule has 2 aromatic carbocycles. The van der Waals surface area contributed by atoms with E-state index < -0.39 is 0 Å². The average molecular weight is 351 g/mol. The maximum Gasteiger partial charge on any atom is 0.261 e. The number of benzene rings is 2. The van der Waals surface area contributed by atoms with E-state index in [0.717, 1.165) is 17.0 Å². The van der Waals surface area contributed by atoms with E-state index in [9.17, 15) is 14.4 Å². The van der Waals surface area contributed by atoms with Crippen LogP contribution < -0.4 is 5.32 Å². The molecule has 3 rings (SSSR count). The number of hydrogen-bond acceptors (Lipinski definition) is 4. The molecule has 3 amide bonds. The second-order valence-corrected chi connectivity index (χ2v) is 6.67. The van der Waals surface area contributed by atoms with Crippen LogP contribution in [0.3, 0.4) is 0 Å². The van der Waals surface area contributed by atoms with E-state index in [4.69, 9.17) is 0 Å². The zero-order valence-corrected chi connectivity index (χ0v) is 15.1. The molecule has 0 fully saturated rings. The summed E-state index contributed by atoms with van der Waals surface area (Å²) in [7, 11) is 5.46. The van der Waals surface area contributed by atoms with Gasteiger partial charge >= 0.3 is 0 Å². The molecule has 0 atom stereocenters. The number of hydrogen-bond donors (Lipinski definition) is 1. The molecule has 6 heteroatoms. The Balaban J connectivity index is 1.66. The summed E-state index contributed by atoms with van der Waals surface area (Å²) in [6.45, 7) is 1.26. The molecule has 26 heavy (non-hydrogen) atoms. The number of carbonyl (C=O) groups excluding carboxylic acids is 3. The minimum atomic E-state index is -0.379. The van der Waals surface area contributed by atoms with Gasteiger partial charge in [0.05, 0.1) is 11.1 Å². The molecule has 0 radical (unpaired) electrons. The standard InChI is InChI=1S/C20H21N3O3/c1-22(2)12-14-6-4-13(5-7-14)11-21-18(24)15-8-9-16-17(10-15)20(26)23(3)19(16)25/h4-10H,11-12H2,1-3H3,(H,21,24). The molecule has 2 aromatic rings. The normalized spacial score (nSPS) is 13.3. The minimum absolute atomic E-state index is 0.276. The third-order valence-electron chi connectivity index (χ3n) is 4.33. The van der Waals surface area contributed by atoms with Crippen LogP contribution in [0.15, 0.2) is 42.5 Å². The van der Waals surface area contributed by atoms with E-state index in [1.54, 1.807) is 6.07 Å². The lowest BCUT2D eigenvalue weighted by Gasteiger charge is -2.10. The summed E-state index contributed by atoms with van der Waals surface area (Å²) < 4.78 is 0. The van der Waals surface area contributed by atoms with Crippen molar-refractivity contribution in [1.82, 2.24) is 15.1 Å². The first-order chi connectivity index (χ1) is 12.4. The zero-order chi connectivity index (χ0) is 18.8. The molecule has 1 aliphatic heterocycles. The molecule has 134 valence electrons. The Morgan fingerprint density at radius 1 is 0.962 bits per heavy atom. The van der Waals surface area contributed by atoms with Gasteiger partial charge in [-0.05, 0) is 43.4 Å². The fraction of sp³-hybridized carbons (Fsp3) is 0.250. The maximum absolute atomic E-state index is 12.4. The molecule has 0 aromatic heterocycles. The number of fused-ring (bicyclic) bond motifs is 1. The van der Waals surface area contributed by atoms with Crippen molar-refractivity contribution in [2.45, 2.75) is 13.1 Å². The monoisotopic (exact) mass is 351 g/mol. The SMILES string of the molecule is CN(C)Cc1ccc(CNC(=O)c2ccc3c(c2)C(=O)N(C)C3=O)cc1. The van der Waals surface area contributed by atoms with Gasteiger partial charge in [-0.25, -0.2) is 0 Å². The van der Waals surface area contributed by atoms with Gasteiger partial charge in [0, 0.05) is 25.7 Å². The van der Waals surface area contributed by atoms with Crippen LogP contribution in [0.5, 0.6) is 0 Å². The summed E-state index contributed by atoms with van der Waals surface area (Å²) in [6.07, 6.45) is 0. The van der Waals surface area contributed by atoms with Crippen LogP contribution in [-0.2, 0) is 13.1 Å². The Hall–Kier alpha value is -2.99. The molecule has 0 aliphatic carbocycles. The topological polar surface area (TPSA) is 69.7 Å². The smallest absolute Gasteiger partial charge is 0.261 e. The van der Waals surface area contributed by atoms with E-state index in [-0.39, 0.29) is 23.3 Å². The van der Waals surface area contributed by atoms with Gasteiger partial charge < -0.3 is 10.2 Å². The number of nitrogens with one attached hydrogen (secondary N) is 1. The Morgan fingerprint density at radius 3 is 2.23 bits per heavy atom.